The lowest BCUT2D eigenvalue weighted by Gasteiger charge is -2.46. The summed E-state index contributed by atoms with van der Waals surface area (Å²) in [6.07, 6.45) is 0. The molecule has 9 heteroatoms. The number of hydrogen-bond acceptors (Lipinski definition) is 4. The molecule has 0 N–H and O–H groups in total. The average Bonchev–Trinajstić information content (AvgIpc) is 1.84. The van der Waals surface area contributed by atoms with Gasteiger partial charge in [0.25, 0.3) is 0 Å². The Balaban J connectivity index is 3.15. The van der Waals surface area contributed by atoms with Gasteiger partial charge < -0.3 is 16.5 Å². The lowest BCUT2D eigenvalue weighted by molar-refractivity contribution is 0.293. The van der Waals surface area contributed by atoms with Gasteiger partial charge in [0.15, 0.2) is 16.6 Å². The predicted octanol–water partition coefficient (Wildman–Crippen LogP) is 4.12. The fourth-order valence-corrected chi connectivity index (χ4v) is 35.5. The van der Waals surface area contributed by atoms with Gasteiger partial charge in [0.05, 0.1) is 0 Å². The van der Waals surface area contributed by atoms with Crippen molar-refractivity contribution in [1.29, 1.82) is 0 Å². The maximum Gasteiger partial charge on any atom is 0.314 e. The minimum atomic E-state index is -2.21. The second kappa shape index (κ2) is 5.53. The lowest BCUT2D eigenvalue weighted by atomic mass is 11.8. The van der Waals surface area contributed by atoms with Crippen LogP contribution in [0.1, 0.15) is 0 Å². The molecule has 0 aromatic heterocycles. The monoisotopic (exact) mass is 368 g/mol. The van der Waals surface area contributed by atoms with Crippen molar-refractivity contribution in [1.82, 2.24) is 0 Å². The molecule has 0 spiro atoms. The van der Waals surface area contributed by atoms with E-state index < -0.39 is 42.3 Å². The Hall–Kier alpha value is 0.924. The van der Waals surface area contributed by atoms with Crippen molar-refractivity contribution in [3.63, 3.8) is 0 Å². The molecule has 0 saturated carbocycles. The van der Waals surface area contributed by atoms with E-state index in [1.807, 2.05) is 0 Å². The van der Waals surface area contributed by atoms with Crippen molar-refractivity contribution >= 4 is 42.3 Å². The van der Waals surface area contributed by atoms with E-state index in [4.69, 9.17) is 16.5 Å². The summed E-state index contributed by atoms with van der Waals surface area (Å²) in [5, 5.41) is 0. The van der Waals surface area contributed by atoms with Gasteiger partial charge in [-0.15, -0.1) is 0 Å². The minimum Gasteiger partial charge on any atom is -0.437 e. The van der Waals surface area contributed by atoms with Gasteiger partial charge in [-0.1, -0.05) is 0 Å². The van der Waals surface area contributed by atoms with Gasteiger partial charge in [-0.3, -0.25) is 0 Å². The lowest BCUT2D eigenvalue weighted by Crippen LogP contribution is -2.62. The van der Waals surface area contributed by atoms with Crippen LogP contribution in [0, 0.1) is 0 Å². The second-order valence-electron chi connectivity index (χ2n) is 8.30. The first kappa shape index (κ1) is 19.0. The first-order valence-electron chi connectivity index (χ1n) is 7.34. The third kappa shape index (κ3) is 6.36. The first-order valence-corrected chi connectivity index (χ1v) is 22.0. The van der Waals surface area contributed by atoms with Crippen molar-refractivity contribution in [2.75, 3.05) is 0 Å². The summed E-state index contributed by atoms with van der Waals surface area (Å²) < 4.78 is 25.8. The second-order valence-corrected chi connectivity index (χ2v) is 28.4. The molecule has 0 radical (unpaired) electrons. The van der Waals surface area contributed by atoms with E-state index in [-0.39, 0.29) is 0 Å². The van der Waals surface area contributed by atoms with Crippen LogP contribution < -0.4 is 0 Å². The highest BCUT2D eigenvalue weighted by Crippen LogP contribution is 2.32. The third-order valence-electron chi connectivity index (χ3n) is 2.88. The van der Waals surface area contributed by atoms with Gasteiger partial charge in [-0.05, 0) is 71.1 Å². The van der Waals surface area contributed by atoms with Crippen LogP contribution in [-0.4, -0.2) is 42.3 Å². The molecule has 1 aliphatic heterocycles. The molecule has 1 fully saturated rings. The van der Waals surface area contributed by atoms with Crippen molar-refractivity contribution in [2.24, 2.45) is 0 Å². The minimum absolute atomic E-state index is 1.10. The molecule has 1 aliphatic rings. The smallest absolute Gasteiger partial charge is 0.314 e. The number of hydrogen-bond donors (Lipinski definition) is 0. The van der Waals surface area contributed by atoms with Crippen LogP contribution in [0.25, 0.3) is 0 Å². The summed E-state index contributed by atoms with van der Waals surface area (Å²) in [7, 11) is -10.0. The molecule has 0 atom stereocenters. The van der Waals surface area contributed by atoms with Gasteiger partial charge in [0, 0.05) is 0 Å². The molecule has 1 heterocycles. The molecule has 120 valence electrons. The van der Waals surface area contributed by atoms with E-state index in [0.717, 1.165) is 5.67 Å². The van der Waals surface area contributed by atoms with Crippen LogP contribution in [0.2, 0.25) is 71.1 Å². The fourth-order valence-electron chi connectivity index (χ4n) is 3.67. The van der Waals surface area contributed by atoms with Crippen LogP contribution in [0.3, 0.4) is 0 Å². The van der Waals surface area contributed by atoms with E-state index in [2.05, 4.69) is 65.5 Å². The van der Waals surface area contributed by atoms with Gasteiger partial charge in [0.1, 0.15) is 0 Å². The van der Waals surface area contributed by atoms with Crippen LogP contribution >= 0.6 is 0 Å². The number of rotatable bonds is 0. The molecule has 0 aliphatic carbocycles. The Morgan fingerprint density at radius 1 is 0.450 bits per heavy atom. The molecule has 0 bridgehead atoms. The Labute approximate surface area is 130 Å². The predicted molar refractivity (Wildman–Crippen MR) is 96.6 cm³/mol. The van der Waals surface area contributed by atoms with E-state index in [1.165, 1.54) is 0 Å². The van der Waals surface area contributed by atoms with Gasteiger partial charge in [-0.25, -0.2) is 0 Å². The molecule has 0 unspecified atom stereocenters. The third-order valence-corrected chi connectivity index (χ3v) is 25.9. The maximum absolute atomic E-state index is 6.52. The summed E-state index contributed by atoms with van der Waals surface area (Å²) in [5.41, 5.74) is 1.10. The highest BCUT2D eigenvalue weighted by Gasteiger charge is 2.49. The topological polar surface area (TPSA) is 36.9 Å². The summed E-state index contributed by atoms with van der Waals surface area (Å²) in [4.78, 5) is 0. The highest BCUT2D eigenvalue weighted by molar-refractivity contribution is 6.98. The summed E-state index contributed by atoms with van der Waals surface area (Å²) in [5.74, 6) is 0. The molecular weight excluding hydrogens is 337 g/mol. The normalized spacial score (nSPS) is 31.5. The Kier molecular flexibility index (Phi) is 5.24. The zero-order valence-corrected chi connectivity index (χ0v) is 19.8. The van der Waals surface area contributed by atoms with Crippen LogP contribution in [-0.2, 0) is 16.5 Å². The van der Waals surface area contributed by atoms with Crippen LogP contribution in [0.5, 0.6) is 0 Å². The quantitative estimate of drug-likeness (QED) is 0.603. The molecule has 20 heavy (non-hydrogen) atoms. The van der Waals surface area contributed by atoms with Gasteiger partial charge >= 0.3 is 25.7 Å². The zero-order valence-electron chi connectivity index (χ0n) is 14.8. The molecule has 1 rings (SSSR count). The Bertz CT molecular complexity index is 267. The van der Waals surface area contributed by atoms with Crippen LogP contribution in [0.15, 0.2) is 0 Å². The summed E-state index contributed by atoms with van der Waals surface area (Å²) in [6, 6.07) is 0. The Morgan fingerprint density at radius 2 is 0.700 bits per heavy atom. The van der Waals surface area contributed by atoms with Gasteiger partial charge in [-0.2, -0.15) is 0 Å². The van der Waals surface area contributed by atoms with Gasteiger partial charge in [0.2, 0.25) is 0 Å². The molecule has 4 nitrogen and oxygen atoms in total. The van der Waals surface area contributed by atoms with Crippen molar-refractivity contribution in [3.05, 3.63) is 0 Å². The standard InChI is InChI=1S/C11H32O4Si5/c1-16(2)11-17(3,4)13-19(7,8)15-20(9,10)14-18(5,6)12-16/h11H2,1-10H3. The average molecular weight is 369 g/mol. The van der Waals surface area contributed by atoms with Crippen molar-refractivity contribution in [2.45, 2.75) is 71.1 Å². The fraction of sp³-hybridized carbons (Fsp3) is 1.00. The molecular formula is C11H32O4Si5. The first-order chi connectivity index (χ1) is 8.54. The highest BCUT2D eigenvalue weighted by atomic mass is 28.5. The van der Waals surface area contributed by atoms with Crippen molar-refractivity contribution in [3.8, 4) is 0 Å². The van der Waals surface area contributed by atoms with Crippen molar-refractivity contribution < 1.29 is 16.5 Å². The molecule has 0 amide bonds. The molecule has 0 aromatic carbocycles. The van der Waals surface area contributed by atoms with E-state index in [0.29, 0.717) is 0 Å². The van der Waals surface area contributed by atoms with E-state index >= 15 is 0 Å². The summed E-state index contributed by atoms with van der Waals surface area (Å²) in [6.45, 7) is 22.1. The zero-order chi connectivity index (χ0) is 16.0. The SMILES string of the molecule is C[Si]1(C)C[Si](C)(C)O[Si](C)(C)O[Si](C)(C)O[Si](C)(C)O1. The van der Waals surface area contributed by atoms with E-state index in [1.54, 1.807) is 0 Å². The van der Waals surface area contributed by atoms with Crippen LogP contribution in [0.4, 0.5) is 0 Å². The maximum atomic E-state index is 6.52. The molecule has 0 aromatic rings. The summed E-state index contributed by atoms with van der Waals surface area (Å²) >= 11 is 0. The Morgan fingerprint density at radius 3 is 1.00 bits per heavy atom. The van der Waals surface area contributed by atoms with E-state index in [9.17, 15) is 0 Å². The molecule has 1 saturated heterocycles. The largest absolute Gasteiger partial charge is 0.437 e.